The maximum absolute atomic E-state index is 11.3. The van der Waals surface area contributed by atoms with Gasteiger partial charge in [-0.15, -0.1) is 5.10 Å². The third-order valence-electron chi connectivity index (χ3n) is 4.01. The van der Waals surface area contributed by atoms with Crippen LogP contribution in [0.3, 0.4) is 0 Å². The number of rotatable bonds is 4. The van der Waals surface area contributed by atoms with Crippen LogP contribution in [0.2, 0.25) is 0 Å². The molecule has 0 saturated heterocycles. The lowest BCUT2D eigenvalue weighted by atomic mass is 10.1. The molecule has 0 unspecified atom stereocenters. The van der Waals surface area contributed by atoms with Crippen LogP contribution in [-0.2, 0) is 4.79 Å². The molecule has 2 aromatic heterocycles. The second-order valence-corrected chi connectivity index (χ2v) is 6.16. The van der Waals surface area contributed by atoms with Gasteiger partial charge < -0.3 is 16.4 Å². The highest BCUT2D eigenvalue weighted by Gasteiger charge is 2.07. The van der Waals surface area contributed by atoms with E-state index in [-0.39, 0.29) is 5.91 Å². The van der Waals surface area contributed by atoms with E-state index in [0.717, 1.165) is 28.1 Å². The van der Waals surface area contributed by atoms with E-state index in [1.165, 1.54) is 6.92 Å². The molecule has 2 aromatic carbocycles. The molecule has 27 heavy (non-hydrogen) atoms. The minimum atomic E-state index is -0.0998. The van der Waals surface area contributed by atoms with Crippen LogP contribution >= 0.6 is 0 Å². The Hall–Kier alpha value is -3.87. The van der Waals surface area contributed by atoms with Gasteiger partial charge in [0, 0.05) is 35.7 Å². The van der Waals surface area contributed by atoms with E-state index >= 15 is 0 Å². The first-order valence-corrected chi connectivity index (χ1v) is 8.44. The summed E-state index contributed by atoms with van der Waals surface area (Å²) in [6, 6.07) is 18.9. The van der Waals surface area contributed by atoms with Gasteiger partial charge >= 0.3 is 0 Å². The fourth-order valence-corrected chi connectivity index (χ4v) is 2.78. The standard InChI is InChI=1S/C20H18N6O/c1-13(27)22-18-4-2-3-14(11-18)15-5-10-19-24-20(25-26(19)12-15)23-17-8-6-16(21)7-9-17/h2-12H,21H2,1H3,(H,22,27)(H,23,25). The molecule has 134 valence electrons. The number of amides is 1. The summed E-state index contributed by atoms with van der Waals surface area (Å²) in [5.41, 5.74) is 10.7. The summed E-state index contributed by atoms with van der Waals surface area (Å²) in [7, 11) is 0. The lowest BCUT2D eigenvalue weighted by molar-refractivity contribution is -0.114. The van der Waals surface area contributed by atoms with Gasteiger partial charge in [0.2, 0.25) is 11.9 Å². The molecule has 4 aromatic rings. The molecular formula is C20H18N6O. The summed E-state index contributed by atoms with van der Waals surface area (Å²) in [4.78, 5) is 15.7. The molecule has 0 spiro atoms. The number of anilines is 4. The molecule has 0 radical (unpaired) electrons. The van der Waals surface area contributed by atoms with Gasteiger partial charge in [0.25, 0.3) is 0 Å². The molecule has 1 amide bonds. The number of aromatic nitrogens is 3. The van der Waals surface area contributed by atoms with Crippen LogP contribution in [-0.4, -0.2) is 20.5 Å². The highest BCUT2D eigenvalue weighted by atomic mass is 16.1. The van der Waals surface area contributed by atoms with Crippen molar-refractivity contribution in [3.05, 3.63) is 66.9 Å². The molecule has 0 atom stereocenters. The van der Waals surface area contributed by atoms with Gasteiger partial charge in [-0.2, -0.15) is 4.98 Å². The van der Waals surface area contributed by atoms with Crippen LogP contribution < -0.4 is 16.4 Å². The number of benzene rings is 2. The average molecular weight is 358 g/mol. The van der Waals surface area contributed by atoms with Crippen molar-refractivity contribution in [3.63, 3.8) is 0 Å². The van der Waals surface area contributed by atoms with E-state index in [4.69, 9.17) is 5.73 Å². The molecule has 7 heteroatoms. The van der Waals surface area contributed by atoms with Crippen molar-refractivity contribution >= 4 is 34.6 Å². The first kappa shape index (κ1) is 16.6. The van der Waals surface area contributed by atoms with Gasteiger partial charge in [0.05, 0.1) is 0 Å². The van der Waals surface area contributed by atoms with Crippen molar-refractivity contribution in [2.75, 3.05) is 16.4 Å². The van der Waals surface area contributed by atoms with E-state index < -0.39 is 0 Å². The Labute approximate surface area is 155 Å². The molecule has 0 saturated carbocycles. The van der Waals surface area contributed by atoms with Crippen molar-refractivity contribution < 1.29 is 4.79 Å². The molecule has 2 heterocycles. The molecule has 0 aliphatic carbocycles. The van der Waals surface area contributed by atoms with E-state index in [9.17, 15) is 4.79 Å². The Bertz CT molecular complexity index is 1120. The van der Waals surface area contributed by atoms with Crippen molar-refractivity contribution in [3.8, 4) is 11.1 Å². The molecule has 0 fully saturated rings. The van der Waals surface area contributed by atoms with E-state index in [1.54, 1.807) is 4.52 Å². The molecule has 0 bridgehead atoms. The zero-order valence-electron chi connectivity index (χ0n) is 14.7. The van der Waals surface area contributed by atoms with Gasteiger partial charge in [-0.3, -0.25) is 4.79 Å². The number of carbonyl (C=O) groups is 1. The van der Waals surface area contributed by atoms with Crippen LogP contribution in [0.4, 0.5) is 23.0 Å². The van der Waals surface area contributed by atoms with E-state index in [2.05, 4.69) is 20.7 Å². The van der Waals surface area contributed by atoms with Crippen molar-refractivity contribution in [1.82, 2.24) is 14.6 Å². The molecule has 4 N–H and O–H groups in total. The lowest BCUT2D eigenvalue weighted by Gasteiger charge is -2.06. The minimum Gasteiger partial charge on any atom is -0.399 e. The fraction of sp³-hybridized carbons (Fsp3) is 0.0500. The van der Waals surface area contributed by atoms with Crippen molar-refractivity contribution in [1.29, 1.82) is 0 Å². The number of hydrogen-bond donors (Lipinski definition) is 3. The Kier molecular flexibility index (Phi) is 4.18. The number of nitrogens with two attached hydrogens (primary N) is 1. The van der Waals surface area contributed by atoms with Crippen LogP contribution in [0, 0.1) is 0 Å². The van der Waals surface area contributed by atoms with Gasteiger partial charge in [-0.05, 0) is 54.1 Å². The Morgan fingerprint density at radius 3 is 2.59 bits per heavy atom. The van der Waals surface area contributed by atoms with Crippen molar-refractivity contribution in [2.45, 2.75) is 6.92 Å². The predicted molar refractivity (Wildman–Crippen MR) is 107 cm³/mol. The first-order chi connectivity index (χ1) is 13.1. The number of hydrogen-bond acceptors (Lipinski definition) is 5. The highest BCUT2D eigenvalue weighted by Crippen LogP contribution is 2.24. The number of nitrogen functional groups attached to an aromatic ring is 1. The SMILES string of the molecule is CC(=O)Nc1cccc(-c2ccc3nc(Nc4ccc(N)cc4)nn3c2)c1. The summed E-state index contributed by atoms with van der Waals surface area (Å²) in [6.45, 7) is 1.49. The molecule has 0 aliphatic heterocycles. The summed E-state index contributed by atoms with van der Waals surface area (Å²) < 4.78 is 1.72. The van der Waals surface area contributed by atoms with Gasteiger partial charge in [-0.1, -0.05) is 12.1 Å². The second kappa shape index (κ2) is 6.80. The number of nitrogens with one attached hydrogen (secondary N) is 2. The average Bonchev–Trinajstić information content (AvgIpc) is 3.05. The third kappa shape index (κ3) is 3.72. The quantitative estimate of drug-likeness (QED) is 0.484. The predicted octanol–water partition coefficient (Wildman–Crippen LogP) is 3.68. The summed E-state index contributed by atoms with van der Waals surface area (Å²) in [6.07, 6.45) is 1.91. The zero-order valence-corrected chi connectivity index (χ0v) is 14.7. The van der Waals surface area contributed by atoms with E-state index in [1.807, 2.05) is 66.9 Å². The maximum Gasteiger partial charge on any atom is 0.247 e. The van der Waals surface area contributed by atoms with Gasteiger partial charge in [-0.25, -0.2) is 4.52 Å². The summed E-state index contributed by atoms with van der Waals surface area (Å²) in [5.74, 6) is 0.404. The summed E-state index contributed by atoms with van der Waals surface area (Å²) >= 11 is 0. The molecule has 7 nitrogen and oxygen atoms in total. The summed E-state index contributed by atoms with van der Waals surface area (Å²) in [5, 5.41) is 10.4. The van der Waals surface area contributed by atoms with E-state index in [0.29, 0.717) is 11.6 Å². The number of carbonyl (C=O) groups excluding carboxylic acids is 1. The largest absolute Gasteiger partial charge is 0.399 e. The third-order valence-corrected chi connectivity index (χ3v) is 4.01. The highest BCUT2D eigenvalue weighted by molar-refractivity contribution is 5.89. The second-order valence-electron chi connectivity index (χ2n) is 6.16. The Morgan fingerprint density at radius 2 is 1.81 bits per heavy atom. The van der Waals surface area contributed by atoms with Gasteiger partial charge in [0.15, 0.2) is 5.65 Å². The maximum atomic E-state index is 11.3. The molecule has 0 aliphatic rings. The van der Waals surface area contributed by atoms with Crippen LogP contribution in [0.5, 0.6) is 0 Å². The molecular weight excluding hydrogens is 340 g/mol. The van der Waals surface area contributed by atoms with Crippen LogP contribution in [0.1, 0.15) is 6.92 Å². The smallest absolute Gasteiger partial charge is 0.247 e. The number of pyridine rings is 1. The number of fused-ring (bicyclic) bond motifs is 1. The Balaban J connectivity index is 1.62. The minimum absolute atomic E-state index is 0.0998. The zero-order chi connectivity index (χ0) is 18.8. The van der Waals surface area contributed by atoms with Crippen molar-refractivity contribution in [2.24, 2.45) is 0 Å². The topological polar surface area (TPSA) is 97.3 Å². The van der Waals surface area contributed by atoms with Crippen LogP contribution in [0.25, 0.3) is 16.8 Å². The molecule has 4 rings (SSSR count). The monoisotopic (exact) mass is 358 g/mol. The van der Waals surface area contributed by atoms with Gasteiger partial charge in [0.1, 0.15) is 0 Å². The fourth-order valence-electron chi connectivity index (χ4n) is 2.78. The lowest BCUT2D eigenvalue weighted by Crippen LogP contribution is -2.05. The van der Waals surface area contributed by atoms with Crippen LogP contribution in [0.15, 0.2) is 66.9 Å². The first-order valence-electron chi connectivity index (χ1n) is 8.44. The number of nitrogens with zero attached hydrogens (tertiary/aromatic N) is 3. The normalized spacial score (nSPS) is 10.7. The Morgan fingerprint density at radius 1 is 1.00 bits per heavy atom.